The molecule has 0 atom stereocenters. The Balaban J connectivity index is -0.000000112. The Hall–Kier alpha value is -0.0700. The first-order valence-electron chi connectivity index (χ1n) is 4.69. The second-order valence-electron chi connectivity index (χ2n) is 5.07. The SMILES string of the molecule is CC.CC(C)(C)C.CC(C)(C)F. The van der Waals surface area contributed by atoms with Crippen LogP contribution in [0.5, 0.6) is 0 Å². The first-order valence-corrected chi connectivity index (χ1v) is 4.69. The molecule has 0 heterocycles. The minimum atomic E-state index is -1.00. The zero-order chi connectivity index (χ0) is 11.0. The molecule has 0 unspecified atom stereocenters. The van der Waals surface area contributed by atoms with Crippen molar-refractivity contribution in [3.05, 3.63) is 0 Å². The monoisotopic (exact) mass is 178 g/mol. The van der Waals surface area contributed by atoms with Gasteiger partial charge >= 0.3 is 0 Å². The zero-order valence-corrected chi connectivity index (χ0v) is 10.4. The van der Waals surface area contributed by atoms with Crippen LogP contribution < -0.4 is 0 Å². The van der Waals surface area contributed by atoms with E-state index in [4.69, 9.17) is 0 Å². The quantitative estimate of drug-likeness (QED) is 0.498. The van der Waals surface area contributed by atoms with Gasteiger partial charge in [0, 0.05) is 0 Å². The molecule has 0 nitrogen and oxygen atoms in total. The van der Waals surface area contributed by atoms with Crippen LogP contribution in [-0.4, -0.2) is 5.67 Å². The maximum absolute atomic E-state index is 11.7. The summed E-state index contributed by atoms with van der Waals surface area (Å²) in [7, 11) is 0. The summed E-state index contributed by atoms with van der Waals surface area (Å²) < 4.78 is 11.7. The maximum Gasteiger partial charge on any atom is 0.102 e. The van der Waals surface area contributed by atoms with Crippen molar-refractivity contribution in [3.8, 4) is 0 Å². The van der Waals surface area contributed by atoms with Crippen LogP contribution in [0.15, 0.2) is 0 Å². The van der Waals surface area contributed by atoms with E-state index in [0.717, 1.165) is 0 Å². The Labute approximate surface area is 78.6 Å². The summed E-state index contributed by atoms with van der Waals surface area (Å²) in [6.45, 7) is 17.3. The lowest BCUT2D eigenvalue weighted by Gasteiger charge is -2.05. The first kappa shape index (κ1) is 17.9. The van der Waals surface area contributed by atoms with E-state index in [1.54, 1.807) is 0 Å². The van der Waals surface area contributed by atoms with Crippen molar-refractivity contribution in [2.45, 2.75) is 68.0 Å². The van der Waals surface area contributed by atoms with Crippen molar-refractivity contribution in [2.75, 3.05) is 0 Å². The van der Waals surface area contributed by atoms with Gasteiger partial charge in [-0.1, -0.05) is 41.5 Å². The summed E-state index contributed by atoms with van der Waals surface area (Å²) >= 11 is 0. The minimum absolute atomic E-state index is 0.500. The molecule has 0 rings (SSSR count). The van der Waals surface area contributed by atoms with E-state index in [-0.39, 0.29) is 0 Å². The molecule has 0 saturated carbocycles. The van der Waals surface area contributed by atoms with Crippen molar-refractivity contribution in [1.82, 2.24) is 0 Å². The smallest absolute Gasteiger partial charge is 0.102 e. The van der Waals surface area contributed by atoms with Gasteiger partial charge in [-0.2, -0.15) is 0 Å². The number of hydrogen-bond donors (Lipinski definition) is 0. The van der Waals surface area contributed by atoms with Crippen molar-refractivity contribution in [3.63, 3.8) is 0 Å². The van der Waals surface area contributed by atoms with E-state index in [2.05, 4.69) is 27.7 Å². The largest absolute Gasteiger partial charge is 0.245 e. The Morgan fingerprint density at radius 1 is 0.667 bits per heavy atom. The molecule has 0 spiro atoms. The molecule has 12 heavy (non-hydrogen) atoms. The third kappa shape index (κ3) is 162000. The predicted molar refractivity (Wildman–Crippen MR) is 57.3 cm³/mol. The van der Waals surface area contributed by atoms with Crippen LogP contribution in [-0.2, 0) is 0 Å². The molecule has 0 fully saturated rings. The molecule has 1 heteroatoms. The lowest BCUT2D eigenvalue weighted by molar-refractivity contribution is 0.246. The molecule has 0 aliphatic carbocycles. The van der Waals surface area contributed by atoms with Gasteiger partial charge in [0.05, 0.1) is 0 Å². The van der Waals surface area contributed by atoms with Crippen LogP contribution in [0, 0.1) is 5.41 Å². The maximum atomic E-state index is 11.7. The molecule has 0 aliphatic rings. The molecule has 0 aliphatic heterocycles. The fourth-order valence-electron chi connectivity index (χ4n) is 0. The van der Waals surface area contributed by atoms with Gasteiger partial charge in [0.1, 0.15) is 5.67 Å². The number of halogens is 1. The average Bonchev–Trinajstić information content (AvgIpc) is 1.59. The summed E-state index contributed by atoms with van der Waals surface area (Å²) in [6, 6.07) is 0. The zero-order valence-electron chi connectivity index (χ0n) is 10.4. The molecule has 0 saturated heterocycles. The fraction of sp³-hybridized carbons (Fsp3) is 1.00. The van der Waals surface area contributed by atoms with E-state index in [1.807, 2.05) is 13.8 Å². The van der Waals surface area contributed by atoms with Crippen LogP contribution in [0.25, 0.3) is 0 Å². The van der Waals surface area contributed by atoms with Crippen LogP contribution in [0.3, 0.4) is 0 Å². The first-order chi connectivity index (χ1) is 5.00. The van der Waals surface area contributed by atoms with E-state index in [9.17, 15) is 4.39 Å². The van der Waals surface area contributed by atoms with Gasteiger partial charge in [-0.05, 0) is 26.2 Å². The van der Waals surface area contributed by atoms with Crippen molar-refractivity contribution >= 4 is 0 Å². The second kappa shape index (κ2) is 7.57. The highest BCUT2D eigenvalue weighted by Crippen LogP contribution is 2.08. The van der Waals surface area contributed by atoms with Crippen molar-refractivity contribution in [2.24, 2.45) is 5.41 Å². The Morgan fingerprint density at radius 2 is 0.667 bits per heavy atom. The van der Waals surface area contributed by atoms with E-state index in [1.165, 1.54) is 20.8 Å². The Kier molecular flexibility index (Phi) is 11.3. The summed E-state index contributed by atoms with van der Waals surface area (Å²) in [5, 5.41) is 0. The van der Waals surface area contributed by atoms with Crippen LogP contribution in [0.4, 0.5) is 4.39 Å². The van der Waals surface area contributed by atoms with E-state index >= 15 is 0 Å². The van der Waals surface area contributed by atoms with Crippen molar-refractivity contribution in [1.29, 1.82) is 0 Å². The fourth-order valence-corrected chi connectivity index (χ4v) is 0. The minimum Gasteiger partial charge on any atom is -0.245 e. The summed E-state index contributed by atoms with van der Waals surface area (Å²) in [5.74, 6) is 0. The van der Waals surface area contributed by atoms with Gasteiger partial charge in [-0.15, -0.1) is 0 Å². The van der Waals surface area contributed by atoms with Gasteiger partial charge < -0.3 is 0 Å². The van der Waals surface area contributed by atoms with Gasteiger partial charge in [0.2, 0.25) is 0 Å². The van der Waals surface area contributed by atoms with Crippen LogP contribution >= 0.6 is 0 Å². The van der Waals surface area contributed by atoms with Crippen molar-refractivity contribution < 1.29 is 4.39 Å². The number of rotatable bonds is 0. The molecule has 0 aromatic rings. The molecular formula is C11H27F. The van der Waals surface area contributed by atoms with Gasteiger partial charge in [-0.25, -0.2) is 4.39 Å². The molecule has 78 valence electrons. The van der Waals surface area contributed by atoms with E-state index < -0.39 is 5.67 Å². The van der Waals surface area contributed by atoms with Crippen LogP contribution in [0.1, 0.15) is 62.3 Å². The molecular weight excluding hydrogens is 151 g/mol. The molecule has 0 aromatic heterocycles. The third-order valence-corrected chi connectivity index (χ3v) is 0. The van der Waals surface area contributed by atoms with Gasteiger partial charge in [-0.3, -0.25) is 0 Å². The van der Waals surface area contributed by atoms with Gasteiger partial charge in [0.15, 0.2) is 0 Å². The molecule has 0 amide bonds. The molecule has 0 N–H and O–H groups in total. The van der Waals surface area contributed by atoms with Crippen LogP contribution in [0.2, 0.25) is 0 Å². The molecule has 0 radical (unpaired) electrons. The highest BCUT2D eigenvalue weighted by atomic mass is 19.1. The lowest BCUT2D eigenvalue weighted by atomic mass is 10.0. The number of alkyl halides is 1. The molecule has 0 aromatic carbocycles. The number of hydrogen-bond acceptors (Lipinski definition) is 0. The predicted octanol–water partition coefficient (Wildman–Crippen LogP) is 4.83. The lowest BCUT2D eigenvalue weighted by Crippen LogP contribution is -2.01. The highest BCUT2D eigenvalue weighted by molar-refractivity contribution is 4.52. The van der Waals surface area contributed by atoms with E-state index in [0.29, 0.717) is 5.41 Å². The topological polar surface area (TPSA) is 0 Å². The third-order valence-electron chi connectivity index (χ3n) is 0. The molecule has 0 bridgehead atoms. The summed E-state index contributed by atoms with van der Waals surface area (Å²) in [5.41, 5.74) is -0.500. The Bertz CT molecular complexity index is 48.0. The normalized spacial score (nSPS) is 10.5. The highest BCUT2D eigenvalue weighted by Gasteiger charge is 2.01. The summed E-state index contributed by atoms with van der Waals surface area (Å²) in [4.78, 5) is 0. The standard InChI is InChI=1S/C5H12.C4H9F.C2H6/c1-5(2,3)4;1-4(2,3)5;1-2/h1-4H3;1-3H3;1-2H3. The summed E-state index contributed by atoms with van der Waals surface area (Å²) in [6.07, 6.45) is 0. The average molecular weight is 178 g/mol. The Morgan fingerprint density at radius 3 is 0.667 bits per heavy atom. The second-order valence-corrected chi connectivity index (χ2v) is 5.07. The van der Waals surface area contributed by atoms with Gasteiger partial charge in [0.25, 0.3) is 0 Å².